The van der Waals surface area contributed by atoms with E-state index >= 15 is 0 Å². The molecule has 1 aromatic carbocycles. The van der Waals surface area contributed by atoms with Crippen LogP contribution in [0.4, 0.5) is 0 Å². The van der Waals surface area contributed by atoms with Crippen molar-refractivity contribution in [3.05, 3.63) is 63.0 Å². The topological polar surface area (TPSA) is 64.4 Å². The normalized spacial score (nSPS) is 13.8. The standard InChI is InChI=1S/C19H19N3O3S/c1-25-11-16(23)21-8-7-14-15(10-21)26-18-17(14)19(24)22(12-20-18)9-13-5-3-2-4-6-13/h2-6,12H,7-11H2,1H3. The van der Waals surface area contributed by atoms with Crippen LogP contribution in [0, 0.1) is 0 Å². The number of methoxy groups -OCH3 is 1. The van der Waals surface area contributed by atoms with Crippen molar-refractivity contribution in [1.82, 2.24) is 14.5 Å². The molecule has 134 valence electrons. The number of aromatic nitrogens is 2. The molecule has 0 aliphatic carbocycles. The van der Waals surface area contributed by atoms with Crippen LogP contribution in [-0.4, -0.2) is 40.6 Å². The van der Waals surface area contributed by atoms with Gasteiger partial charge in [-0.05, 0) is 17.5 Å². The van der Waals surface area contributed by atoms with E-state index in [0.29, 0.717) is 31.4 Å². The summed E-state index contributed by atoms with van der Waals surface area (Å²) in [4.78, 5) is 33.2. The van der Waals surface area contributed by atoms with Gasteiger partial charge in [0.25, 0.3) is 5.56 Å². The van der Waals surface area contributed by atoms with E-state index in [1.54, 1.807) is 15.8 Å². The first-order valence-electron chi connectivity index (χ1n) is 8.47. The summed E-state index contributed by atoms with van der Waals surface area (Å²) in [6.07, 6.45) is 2.30. The SMILES string of the molecule is COCC(=O)N1CCc2c(sc3ncn(Cc4ccccc4)c(=O)c23)C1. The average molecular weight is 369 g/mol. The minimum absolute atomic E-state index is 0.00646. The van der Waals surface area contributed by atoms with Gasteiger partial charge in [0.2, 0.25) is 5.91 Å². The van der Waals surface area contributed by atoms with Crippen LogP contribution in [0.3, 0.4) is 0 Å². The fourth-order valence-corrected chi connectivity index (χ4v) is 4.53. The highest BCUT2D eigenvalue weighted by Gasteiger charge is 2.26. The van der Waals surface area contributed by atoms with Crippen LogP contribution in [0.1, 0.15) is 16.0 Å². The second-order valence-electron chi connectivity index (χ2n) is 6.35. The molecule has 2 aromatic heterocycles. The van der Waals surface area contributed by atoms with E-state index in [0.717, 1.165) is 20.8 Å². The lowest BCUT2D eigenvalue weighted by molar-refractivity contribution is -0.136. The Labute approximate surface area is 154 Å². The van der Waals surface area contributed by atoms with E-state index in [1.807, 2.05) is 30.3 Å². The van der Waals surface area contributed by atoms with Crippen molar-refractivity contribution in [1.29, 1.82) is 0 Å². The molecule has 0 N–H and O–H groups in total. The quantitative estimate of drug-likeness (QED) is 0.706. The van der Waals surface area contributed by atoms with E-state index in [4.69, 9.17) is 4.74 Å². The van der Waals surface area contributed by atoms with Gasteiger partial charge >= 0.3 is 0 Å². The fraction of sp³-hybridized carbons (Fsp3) is 0.316. The molecule has 0 unspecified atom stereocenters. The predicted octanol–water partition coefficient (Wildman–Crippen LogP) is 2.04. The number of nitrogens with zero attached hydrogens (tertiary/aromatic N) is 3. The van der Waals surface area contributed by atoms with Crippen LogP contribution in [0.25, 0.3) is 10.2 Å². The van der Waals surface area contributed by atoms with Gasteiger partial charge in [-0.1, -0.05) is 30.3 Å². The summed E-state index contributed by atoms with van der Waals surface area (Å²) in [5.74, 6) is -0.0231. The Kier molecular flexibility index (Phi) is 4.57. The van der Waals surface area contributed by atoms with E-state index in [1.165, 1.54) is 18.4 Å². The molecule has 1 amide bonds. The summed E-state index contributed by atoms with van der Waals surface area (Å²) >= 11 is 1.51. The summed E-state index contributed by atoms with van der Waals surface area (Å²) in [6, 6.07) is 9.88. The minimum atomic E-state index is -0.0231. The van der Waals surface area contributed by atoms with Gasteiger partial charge < -0.3 is 9.64 Å². The number of hydrogen-bond acceptors (Lipinski definition) is 5. The van der Waals surface area contributed by atoms with Crippen molar-refractivity contribution in [2.75, 3.05) is 20.3 Å². The molecule has 0 saturated carbocycles. The Bertz CT molecular complexity index is 1010. The molecule has 3 aromatic rings. The summed E-state index contributed by atoms with van der Waals surface area (Å²) in [7, 11) is 1.52. The van der Waals surface area contributed by atoms with Gasteiger partial charge in [0, 0.05) is 18.5 Å². The Morgan fingerprint density at radius 3 is 2.88 bits per heavy atom. The molecule has 1 aliphatic heterocycles. The van der Waals surface area contributed by atoms with Gasteiger partial charge in [0.15, 0.2) is 0 Å². The zero-order valence-electron chi connectivity index (χ0n) is 14.5. The smallest absolute Gasteiger partial charge is 0.262 e. The van der Waals surface area contributed by atoms with E-state index in [2.05, 4.69) is 4.98 Å². The third kappa shape index (κ3) is 3.04. The molecule has 0 saturated heterocycles. The largest absolute Gasteiger partial charge is 0.375 e. The van der Waals surface area contributed by atoms with Crippen LogP contribution in [-0.2, 0) is 29.0 Å². The Morgan fingerprint density at radius 2 is 2.12 bits per heavy atom. The van der Waals surface area contributed by atoms with Crippen molar-refractivity contribution in [2.45, 2.75) is 19.5 Å². The lowest BCUT2D eigenvalue weighted by atomic mass is 10.1. The van der Waals surface area contributed by atoms with Crippen LogP contribution in [0.15, 0.2) is 41.5 Å². The minimum Gasteiger partial charge on any atom is -0.375 e. The van der Waals surface area contributed by atoms with E-state index < -0.39 is 0 Å². The van der Waals surface area contributed by atoms with E-state index in [-0.39, 0.29) is 18.1 Å². The fourth-order valence-electron chi connectivity index (χ4n) is 3.34. The van der Waals surface area contributed by atoms with Crippen molar-refractivity contribution in [3.63, 3.8) is 0 Å². The molecule has 0 spiro atoms. The molecular weight excluding hydrogens is 350 g/mol. The first-order valence-corrected chi connectivity index (χ1v) is 9.29. The molecule has 7 heteroatoms. The maximum absolute atomic E-state index is 13.0. The van der Waals surface area contributed by atoms with Crippen LogP contribution in [0.2, 0.25) is 0 Å². The predicted molar refractivity (Wildman–Crippen MR) is 100 cm³/mol. The lowest BCUT2D eigenvalue weighted by Crippen LogP contribution is -2.37. The summed E-state index contributed by atoms with van der Waals surface area (Å²) < 4.78 is 6.60. The second-order valence-corrected chi connectivity index (χ2v) is 7.43. The molecule has 3 heterocycles. The number of hydrogen-bond donors (Lipinski definition) is 0. The number of ether oxygens (including phenoxy) is 1. The Hall–Kier alpha value is -2.51. The van der Waals surface area contributed by atoms with Crippen molar-refractivity contribution >= 4 is 27.5 Å². The molecule has 0 atom stereocenters. The summed E-state index contributed by atoms with van der Waals surface area (Å²) in [5.41, 5.74) is 2.11. The summed E-state index contributed by atoms with van der Waals surface area (Å²) in [5, 5.41) is 0.710. The molecule has 6 nitrogen and oxygen atoms in total. The van der Waals surface area contributed by atoms with Gasteiger partial charge in [-0.3, -0.25) is 14.2 Å². The monoisotopic (exact) mass is 369 g/mol. The molecule has 1 aliphatic rings. The van der Waals surface area contributed by atoms with Crippen LogP contribution in [0.5, 0.6) is 0 Å². The first kappa shape index (κ1) is 16.9. The van der Waals surface area contributed by atoms with Crippen molar-refractivity contribution < 1.29 is 9.53 Å². The highest BCUT2D eigenvalue weighted by molar-refractivity contribution is 7.18. The van der Waals surface area contributed by atoms with Gasteiger partial charge in [0.1, 0.15) is 11.4 Å². The number of amides is 1. The van der Waals surface area contributed by atoms with Crippen molar-refractivity contribution in [3.8, 4) is 0 Å². The van der Waals surface area contributed by atoms with Crippen molar-refractivity contribution in [2.24, 2.45) is 0 Å². The van der Waals surface area contributed by atoms with Gasteiger partial charge in [-0.2, -0.15) is 0 Å². The number of fused-ring (bicyclic) bond motifs is 3. The zero-order chi connectivity index (χ0) is 18.1. The zero-order valence-corrected chi connectivity index (χ0v) is 15.3. The Balaban J connectivity index is 1.69. The van der Waals surface area contributed by atoms with Gasteiger partial charge in [0.05, 0.1) is 24.8 Å². The third-order valence-corrected chi connectivity index (χ3v) is 5.77. The summed E-state index contributed by atoms with van der Waals surface area (Å²) in [6.45, 7) is 1.72. The second kappa shape index (κ2) is 7.01. The molecule has 0 fully saturated rings. The van der Waals surface area contributed by atoms with Gasteiger partial charge in [-0.25, -0.2) is 4.98 Å². The van der Waals surface area contributed by atoms with Gasteiger partial charge in [-0.15, -0.1) is 11.3 Å². The van der Waals surface area contributed by atoms with E-state index in [9.17, 15) is 9.59 Å². The highest BCUT2D eigenvalue weighted by atomic mass is 32.1. The molecule has 4 rings (SSSR count). The third-order valence-electron chi connectivity index (χ3n) is 4.64. The number of rotatable bonds is 4. The molecule has 26 heavy (non-hydrogen) atoms. The molecule has 0 radical (unpaired) electrons. The number of benzene rings is 1. The Morgan fingerprint density at radius 1 is 1.31 bits per heavy atom. The maximum Gasteiger partial charge on any atom is 0.262 e. The highest BCUT2D eigenvalue weighted by Crippen LogP contribution is 2.32. The van der Waals surface area contributed by atoms with Crippen LogP contribution < -0.4 is 5.56 Å². The molecular formula is C19H19N3O3S. The van der Waals surface area contributed by atoms with Crippen LogP contribution >= 0.6 is 11.3 Å². The number of carbonyl (C=O) groups is 1. The molecule has 0 bridgehead atoms. The first-order chi connectivity index (χ1) is 12.7. The number of thiophene rings is 1. The maximum atomic E-state index is 13.0. The average Bonchev–Trinajstić information content (AvgIpc) is 3.03. The lowest BCUT2D eigenvalue weighted by Gasteiger charge is -2.26. The number of carbonyl (C=O) groups excluding carboxylic acids is 1.